The highest BCUT2D eigenvalue weighted by molar-refractivity contribution is 8.04. The van der Waals surface area contributed by atoms with Crippen molar-refractivity contribution < 1.29 is 22.9 Å². The summed E-state index contributed by atoms with van der Waals surface area (Å²) in [6.07, 6.45) is 1.17. The molecule has 0 aromatic heterocycles. The lowest BCUT2D eigenvalue weighted by atomic mass is 10.3. The molecule has 0 spiro atoms. The summed E-state index contributed by atoms with van der Waals surface area (Å²) < 4.78 is 29.7. The smallest absolute Gasteiger partial charge is 0.318 e. The fourth-order valence-corrected chi connectivity index (χ4v) is 3.05. The van der Waals surface area contributed by atoms with Crippen molar-refractivity contribution in [2.24, 2.45) is 0 Å². The molecule has 0 saturated carbocycles. The molecule has 0 saturated heterocycles. The molecule has 5 nitrogen and oxygen atoms in total. The number of hydrogen-bond acceptors (Lipinski definition) is 4. The average molecular weight is 210 g/mol. The Morgan fingerprint density at radius 2 is 2.08 bits per heavy atom. The molecule has 0 aliphatic carbocycles. The molecule has 0 bridgehead atoms. The summed E-state index contributed by atoms with van der Waals surface area (Å²) in [6, 6.07) is 0. The molecule has 0 fully saturated rings. The minimum absolute atomic E-state index is 0.866. The highest BCUT2D eigenvalue weighted by atomic mass is 32.2. The summed E-state index contributed by atoms with van der Waals surface area (Å²) in [5.41, 5.74) is 0. The van der Waals surface area contributed by atoms with Crippen LogP contribution in [0, 0.1) is 0 Å². The van der Waals surface area contributed by atoms with E-state index < -0.39 is 26.6 Å². The summed E-state index contributed by atoms with van der Waals surface area (Å²) in [5, 5.41) is 7.42. The Hall–Kier alpha value is -0.530. The molecule has 1 aliphatic heterocycles. The van der Waals surface area contributed by atoms with E-state index >= 15 is 0 Å². The van der Waals surface area contributed by atoms with E-state index in [9.17, 15) is 13.2 Å². The first kappa shape index (κ1) is 9.56. The molecular weight excluding hydrogens is 204 g/mol. The summed E-state index contributed by atoms with van der Waals surface area (Å²) in [5.74, 6) is -1.24. The number of rotatable bonds is 2. The van der Waals surface area contributed by atoms with Crippen molar-refractivity contribution in [2.75, 3.05) is 0 Å². The van der Waals surface area contributed by atoms with Crippen LogP contribution in [0.3, 0.4) is 0 Å². The van der Waals surface area contributed by atoms with E-state index in [-0.39, 0.29) is 0 Å². The van der Waals surface area contributed by atoms with E-state index in [0.717, 1.165) is 11.8 Å². The first-order chi connectivity index (χ1) is 5.43. The topological polar surface area (TPSA) is 91.7 Å². The van der Waals surface area contributed by atoms with Crippen LogP contribution in [-0.2, 0) is 14.9 Å². The number of carbonyl (C=O) groups is 1. The number of hydrogen-bond donors (Lipinski definition) is 2. The Bertz CT molecular complexity index is 317. The quantitative estimate of drug-likeness (QED) is 0.621. The first-order valence-electron chi connectivity index (χ1n) is 2.94. The van der Waals surface area contributed by atoms with Crippen LogP contribution < -0.4 is 0 Å². The van der Waals surface area contributed by atoms with Gasteiger partial charge in [-0.2, -0.15) is 8.42 Å². The maximum atomic E-state index is 10.6. The summed E-state index contributed by atoms with van der Waals surface area (Å²) in [4.78, 5) is 10.4. The monoisotopic (exact) mass is 210 g/mol. The molecule has 12 heavy (non-hydrogen) atoms. The van der Waals surface area contributed by atoms with Gasteiger partial charge in [0.2, 0.25) is 0 Å². The second-order valence-electron chi connectivity index (χ2n) is 2.20. The van der Waals surface area contributed by atoms with Gasteiger partial charge in [0.25, 0.3) is 10.1 Å². The molecule has 0 aromatic rings. The number of carboxylic acid groups (broad SMARTS) is 1. The number of carboxylic acids is 1. The molecule has 68 valence electrons. The Morgan fingerprint density at radius 3 is 2.42 bits per heavy atom. The van der Waals surface area contributed by atoms with Crippen LogP contribution in [-0.4, -0.2) is 34.5 Å². The zero-order valence-electron chi connectivity index (χ0n) is 5.75. The second-order valence-corrected chi connectivity index (χ2v) is 4.83. The molecule has 2 N–H and O–H groups in total. The van der Waals surface area contributed by atoms with Crippen molar-refractivity contribution in [3.05, 3.63) is 11.5 Å². The predicted octanol–water partition coefficient (Wildman–Crippen LogP) is -0.0435. The van der Waals surface area contributed by atoms with Crippen molar-refractivity contribution in [3.63, 3.8) is 0 Å². The molecule has 0 radical (unpaired) electrons. The summed E-state index contributed by atoms with van der Waals surface area (Å²) in [7, 11) is -4.29. The number of aliphatic carboxylic acids is 1. The minimum Gasteiger partial charge on any atom is -0.480 e. The van der Waals surface area contributed by atoms with Crippen LogP contribution in [0.2, 0.25) is 0 Å². The van der Waals surface area contributed by atoms with Crippen molar-refractivity contribution in [1.29, 1.82) is 0 Å². The third-order valence-electron chi connectivity index (χ3n) is 1.38. The van der Waals surface area contributed by atoms with Crippen LogP contribution in [0.15, 0.2) is 11.5 Å². The zero-order chi connectivity index (χ0) is 9.35. The maximum absolute atomic E-state index is 10.6. The molecular formula is C5H6O5S2. The van der Waals surface area contributed by atoms with Gasteiger partial charge < -0.3 is 5.11 Å². The summed E-state index contributed by atoms with van der Waals surface area (Å²) in [6.45, 7) is 0. The molecule has 0 aromatic carbocycles. The average Bonchev–Trinajstić information content (AvgIpc) is 2.30. The zero-order valence-corrected chi connectivity index (χ0v) is 7.38. The van der Waals surface area contributed by atoms with Crippen molar-refractivity contribution in [3.8, 4) is 0 Å². The highest BCUT2D eigenvalue weighted by Crippen LogP contribution is 2.28. The second kappa shape index (κ2) is 3.08. The van der Waals surface area contributed by atoms with E-state index in [1.54, 1.807) is 0 Å². The van der Waals surface area contributed by atoms with Gasteiger partial charge in [-0.25, -0.2) is 0 Å². The van der Waals surface area contributed by atoms with E-state index in [4.69, 9.17) is 9.66 Å². The Morgan fingerprint density at radius 1 is 1.50 bits per heavy atom. The molecule has 2 unspecified atom stereocenters. The normalized spacial score (nSPS) is 29.1. The third kappa shape index (κ3) is 1.79. The van der Waals surface area contributed by atoms with Gasteiger partial charge in [-0.3, -0.25) is 9.35 Å². The van der Waals surface area contributed by atoms with Gasteiger partial charge in [0.05, 0.1) is 0 Å². The molecule has 0 amide bonds. The number of thioether (sulfide) groups is 1. The first-order valence-corrected chi connectivity index (χ1v) is 5.39. The van der Waals surface area contributed by atoms with Gasteiger partial charge in [-0.05, 0) is 5.41 Å². The van der Waals surface area contributed by atoms with E-state index in [0.29, 0.717) is 0 Å². The Kier molecular flexibility index (Phi) is 2.45. The molecule has 1 rings (SSSR count). The van der Waals surface area contributed by atoms with Gasteiger partial charge in [-0.15, -0.1) is 11.8 Å². The standard InChI is InChI=1S/C5H6O5S2/c6-5(7)4-3(1-2-11-4)12(8,9)10/h1-4H,(H,6,7)(H,8,9,10). The third-order valence-corrected chi connectivity index (χ3v) is 3.77. The van der Waals surface area contributed by atoms with Gasteiger partial charge in [0.15, 0.2) is 0 Å². The van der Waals surface area contributed by atoms with Crippen molar-refractivity contribution in [2.45, 2.75) is 10.5 Å². The van der Waals surface area contributed by atoms with E-state index in [2.05, 4.69) is 0 Å². The van der Waals surface area contributed by atoms with Gasteiger partial charge >= 0.3 is 5.97 Å². The fraction of sp³-hybridized carbons (Fsp3) is 0.400. The fourth-order valence-electron chi connectivity index (χ4n) is 0.840. The van der Waals surface area contributed by atoms with Crippen molar-refractivity contribution in [1.82, 2.24) is 0 Å². The Labute approximate surface area is 73.2 Å². The lowest BCUT2D eigenvalue weighted by molar-refractivity contribution is -0.136. The van der Waals surface area contributed by atoms with Gasteiger partial charge in [0, 0.05) is 0 Å². The van der Waals surface area contributed by atoms with Gasteiger partial charge in [0.1, 0.15) is 10.5 Å². The lowest BCUT2D eigenvalue weighted by Gasteiger charge is -2.09. The summed E-state index contributed by atoms with van der Waals surface area (Å²) >= 11 is 0.866. The molecule has 1 heterocycles. The highest BCUT2D eigenvalue weighted by Gasteiger charge is 2.38. The van der Waals surface area contributed by atoms with Crippen LogP contribution >= 0.6 is 11.8 Å². The van der Waals surface area contributed by atoms with Gasteiger partial charge in [-0.1, -0.05) is 6.08 Å². The minimum atomic E-state index is -4.29. The largest absolute Gasteiger partial charge is 0.480 e. The van der Waals surface area contributed by atoms with E-state index in [1.165, 1.54) is 11.5 Å². The predicted molar refractivity (Wildman–Crippen MR) is 43.5 cm³/mol. The van der Waals surface area contributed by atoms with Crippen molar-refractivity contribution >= 4 is 27.8 Å². The lowest BCUT2D eigenvalue weighted by Crippen LogP contribution is -2.33. The van der Waals surface area contributed by atoms with E-state index in [1.807, 2.05) is 0 Å². The van der Waals surface area contributed by atoms with Crippen LogP contribution in [0.1, 0.15) is 0 Å². The SMILES string of the molecule is O=C(O)C1SC=CC1S(=O)(=O)O. The van der Waals surface area contributed by atoms with Crippen LogP contribution in [0.25, 0.3) is 0 Å². The van der Waals surface area contributed by atoms with Crippen LogP contribution in [0.4, 0.5) is 0 Å². The maximum Gasteiger partial charge on any atom is 0.318 e. The molecule has 1 aliphatic rings. The van der Waals surface area contributed by atoms with Crippen LogP contribution in [0.5, 0.6) is 0 Å². The Balaban J connectivity index is 2.91. The molecule has 2 atom stereocenters. The molecule has 7 heteroatoms.